The van der Waals surface area contributed by atoms with Crippen LogP contribution in [0.3, 0.4) is 0 Å². The van der Waals surface area contributed by atoms with Crippen LogP contribution in [0.25, 0.3) is 0 Å². The first kappa shape index (κ1) is 15.0. The maximum atomic E-state index is 11.7. The molecule has 0 saturated carbocycles. The van der Waals surface area contributed by atoms with Crippen LogP contribution >= 0.6 is 0 Å². The Labute approximate surface area is 118 Å². The fraction of sp³-hybridized carbons (Fsp3) is 0.500. The third-order valence-electron chi connectivity index (χ3n) is 3.73. The van der Waals surface area contributed by atoms with Crippen molar-refractivity contribution in [1.82, 2.24) is 0 Å². The molecule has 2 unspecified atom stereocenters. The number of aliphatic hydroxyl groups is 1. The molecule has 0 amide bonds. The first-order valence-electron chi connectivity index (χ1n) is 6.30. The van der Waals surface area contributed by atoms with Gasteiger partial charge in [-0.15, -0.1) is 0 Å². The van der Waals surface area contributed by atoms with Gasteiger partial charge in [0.2, 0.25) is 0 Å². The van der Waals surface area contributed by atoms with Crippen LogP contribution in [0.15, 0.2) is 24.3 Å². The zero-order chi connectivity index (χ0) is 14.8. The van der Waals surface area contributed by atoms with E-state index in [1.54, 1.807) is 25.3 Å². The Bertz CT molecular complexity index is 635. The summed E-state index contributed by atoms with van der Waals surface area (Å²) < 4.78 is 28.4. The van der Waals surface area contributed by atoms with Gasteiger partial charge in [-0.05, 0) is 17.5 Å². The molecule has 1 aromatic carbocycles. The standard InChI is InChI=1S/C14H17NO4S/c1-19-8-11-4-2-3-5-12(11)13(16)14(9-15)6-7-20(17,18)10-14/h2-5,13,16H,6-8,10H2,1H3. The molecular formula is C14H17NO4S. The summed E-state index contributed by atoms with van der Waals surface area (Å²) in [5.74, 6) is -0.344. The smallest absolute Gasteiger partial charge is 0.152 e. The van der Waals surface area contributed by atoms with E-state index in [0.29, 0.717) is 12.2 Å². The lowest BCUT2D eigenvalue weighted by molar-refractivity contribution is 0.0760. The van der Waals surface area contributed by atoms with Gasteiger partial charge in [0.1, 0.15) is 5.41 Å². The minimum atomic E-state index is -3.26. The molecule has 5 nitrogen and oxygen atoms in total. The van der Waals surface area contributed by atoms with Crippen LogP contribution in [-0.4, -0.2) is 32.1 Å². The first-order chi connectivity index (χ1) is 9.44. The van der Waals surface area contributed by atoms with Gasteiger partial charge in [-0.3, -0.25) is 0 Å². The van der Waals surface area contributed by atoms with Crippen LogP contribution in [0.4, 0.5) is 0 Å². The number of hydrogen-bond donors (Lipinski definition) is 1. The molecule has 6 heteroatoms. The normalized spacial score (nSPS) is 26.1. The molecule has 1 heterocycles. The van der Waals surface area contributed by atoms with E-state index in [9.17, 15) is 18.8 Å². The third-order valence-corrected chi connectivity index (χ3v) is 5.51. The lowest BCUT2D eigenvalue weighted by Crippen LogP contribution is -2.29. The summed E-state index contributed by atoms with van der Waals surface area (Å²) in [4.78, 5) is 0. The Balaban J connectivity index is 2.40. The average Bonchev–Trinajstić information content (AvgIpc) is 2.76. The molecule has 0 aromatic heterocycles. The van der Waals surface area contributed by atoms with E-state index >= 15 is 0 Å². The first-order valence-corrected chi connectivity index (χ1v) is 8.13. The van der Waals surface area contributed by atoms with Crippen LogP contribution < -0.4 is 0 Å². The van der Waals surface area contributed by atoms with Crippen LogP contribution in [0, 0.1) is 16.7 Å². The van der Waals surface area contributed by atoms with Gasteiger partial charge in [-0.25, -0.2) is 8.42 Å². The monoisotopic (exact) mass is 295 g/mol. The number of nitriles is 1. The summed E-state index contributed by atoms with van der Waals surface area (Å²) in [6.45, 7) is 0.307. The minimum absolute atomic E-state index is 0.0515. The zero-order valence-corrected chi connectivity index (χ0v) is 12.1. The molecule has 0 radical (unpaired) electrons. The SMILES string of the molecule is COCc1ccccc1C(O)C1(C#N)CCS(=O)(=O)C1. The van der Waals surface area contributed by atoms with E-state index in [2.05, 4.69) is 0 Å². The van der Waals surface area contributed by atoms with Gasteiger partial charge >= 0.3 is 0 Å². The van der Waals surface area contributed by atoms with Gasteiger partial charge in [-0.1, -0.05) is 24.3 Å². The summed E-state index contributed by atoms with van der Waals surface area (Å²) in [6.07, 6.45) is -0.968. The maximum Gasteiger partial charge on any atom is 0.152 e. The van der Waals surface area contributed by atoms with E-state index in [1.807, 2.05) is 12.1 Å². The van der Waals surface area contributed by atoms with Gasteiger partial charge in [0.25, 0.3) is 0 Å². The van der Waals surface area contributed by atoms with Gasteiger partial charge < -0.3 is 9.84 Å². The number of aliphatic hydroxyl groups excluding tert-OH is 1. The quantitative estimate of drug-likeness (QED) is 0.901. The van der Waals surface area contributed by atoms with Crippen LogP contribution in [0.1, 0.15) is 23.7 Å². The van der Waals surface area contributed by atoms with Crippen molar-refractivity contribution in [1.29, 1.82) is 5.26 Å². The van der Waals surface area contributed by atoms with Crippen molar-refractivity contribution in [2.45, 2.75) is 19.1 Å². The van der Waals surface area contributed by atoms with Crippen LogP contribution in [-0.2, 0) is 21.2 Å². The van der Waals surface area contributed by atoms with Crippen molar-refractivity contribution >= 4 is 9.84 Å². The summed E-state index contributed by atoms with van der Waals surface area (Å²) in [7, 11) is -1.71. The Morgan fingerprint density at radius 2 is 2.20 bits per heavy atom. The van der Waals surface area contributed by atoms with Crippen molar-refractivity contribution in [3.8, 4) is 6.07 Å². The zero-order valence-electron chi connectivity index (χ0n) is 11.2. The lowest BCUT2D eigenvalue weighted by Gasteiger charge is -2.27. The van der Waals surface area contributed by atoms with Gasteiger partial charge in [0.05, 0.1) is 30.3 Å². The Hall–Kier alpha value is -1.42. The molecule has 0 spiro atoms. The molecule has 108 valence electrons. The fourth-order valence-corrected chi connectivity index (χ4v) is 4.60. The third kappa shape index (κ3) is 2.70. The molecule has 0 aliphatic carbocycles. The summed E-state index contributed by atoms with van der Waals surface area (Å²) in [6, 6.07) is 9.11. The highest BCUT2D eigenvalue weighted by molar-refractivity contribution is 7.91. The number of hydrogen-bond acceptors (Lipinski definition) is 5. The molecule has 1 aromatic rings. The number of benzene rings is 1. The molecule has 20 heavy (non-hydrogen) atoms. The highest BCUT2D eigenvalue weighted by Crippen LogP contribution is 2.43. The Morgan fingerprint density at radius 3 is 2.75 bits per heavy atom. The van der Waals surface area contributed by atoms with Crippen molar-refractivity contribution in [2.75, 3.05) is 18.6 Å². The highest BCUT2D eigenvalue weighted by atomic mass is 32.2. The van der Waals surface area contributed by atoms with E-state index in [0.717, 1.165) is 5.56 Å². The summed E-state index contributed by atoms with van der Waals surface area (Å²) in [5.41, 5.74) is 0.0669. The van der Waals surface area contributed by atoms with Crippen LogP contribution in [0.2, 0.25) is 0 Å². The van der Waals surface area contributed by atoms with Crippen molar-refractivity contribution in [3.05, 3.63) is 35.4 Å². The highest BCUT2D eigenvalue weighted by Gasteiger charge is 2.49. The fourth-order valence-electron chi connectivity index (χ4n) is 2.62. The molecule has 2 atom stereocenters. The van der Waals surface area contributed by atoms with Crippen molar-refractivity contribution < 1.29 is 18.3 Å². The van der Waals surface area contributed by atoms with E-state index in [1.165, 1.54) is 0 Å². The number of methoxy groups -OCH3 is 1. The number of ether oxygens (including phenoxy) is 1. The second-order valence-electron chi connectivity index (χ2n) is 5.14. The molecule has 1 aliphatic heterocycles. The molecule has 2 rings (SSSR count). The predicted octanol–water partition coefficient (Wildman–Crippen LogP) is 1.19. The number of rotatable bonds is 4. The molecule has 1 saturated heterocycles. The summed E-state index contributed by atoms with van der Waals surface area (Å²) >= 11 is 0. The number of sulfone groups is 1. The molecule has 1 aliphatic rings. The van der Waals surface area contributed by atoms with Crippen LogP contribution in [0.5, 0.6) is 0 Å². The Kier molecular flexibility index (Phi) is 4.14. The Morgan fingerprint density at radius 1 is 1.50 bits per heavy atom. The second kappa shape index (κ2) is 5.52. The van der Waals surface area contributed by atoms with Gasteiger partial charge in [-0.2, -0.15) is 5.26 Å². The predicted molar refractivity (Wildman–Crippen MR) is 73.4 cm³/mol. The minimum Gasteiger partial charge on any atom is -0.387 e. The van der Waals surface area contributed by atoms with Gasteiger partial charge in [0, 0.05) is 7.11 Å². The number of nitrogens with zero attached hydrogens (tertiary/aromatic N) is 1. The lowest BCUT2D eigenvalue weighted by atomic mass is 9.78. The van der Waals surface area contributed by atoms with Gasteiger partial charge in [0.15, 0.2) is 9.84 Å². The molecular weight excluding hydrogens is 278 g/mol. The second-order valence-corrected chi connectivity index (χ2v) is 7.33. The van der Waals surface area contributed by atoms with Crippen molar-refractivity contribution in [2.24, 2.45) is 5.41 Å². The topological polar surface area (TPSA) is 87.4 Å². The molecule has 0 bridgehead atoms. The van der Waals surface area contributed by atoms with Crippen molar-refractivity contribution in [3.63, 3.8) is 0 Å². The molecule has 1 N–H and O–H groups in total. The van der Waals surface area contributed by atoms with E-state index < -0.39 is 21.4 Å². The van der Waals surface area contributed by atoms with E-state index in [-0.39, 0.29) is 17.9 Å². The van der Waals surface area contributed by atoms with E-state index in [4.69, 9.17) is 4.74 Å². The summed E-state index contributed by atoms with van der Waals surface area (Å²) in [5, 5.41) is 20.0. The average molecular weight is 295 g/mol. The largest absolute Gasteiger partial charge is 0.387 e. The maximum absolute atomic E-state index is 11.7. The molecule has 1 fully saturated rings.